The third-order valence-corrected chi connectivity index (χ3v) is 7.33. The summed E-state index contributed by atoms with van der Waals surface area (Å²) in [5.41, 5.74) is 1.28. The van der Waals surface area contributed by atoms with Crippen molar-refractivity contribution in [3.8, 4) is 11.5 Å². The maximum Gasteiger partial charge on any atom is 0.245 e. The molecule has 1 aromatic carbocycles. The molecule has 160 valence electrons. The SMILES string of the molecule is O=S(=O)(c1ccc(F)cc1F)N1CCC(c2nc(-c3ccc4cc[nH]c4n3)no2)CC1. The molecule has 1 fully saturated rings. The van der Waals surface area contributed by atoms with Crippen molar-refractivity contribution in [2.24, 2.45) is 0 Å². The Morgan fingerprint density at radius 1 is 1.06 bits per heavy atom. The number of halogens is 2. The van der Waals surface area contributed by atoms with Crippen LogP contribution in [0, 0.1) is 11.6 Å². The quantitative estimate of drug-likeness (QED) is 0.516. The number of aromatic nitrogens is 4. The van der Waals surface area contributed by atoms with E-state index in [1.54, 1.807) is 12.3 Å². The number of pyridine rings is 1. The summed E-state index contributed by atoms with van der Waals surface area (Å²) in [5.74, 6) is -1.29. The molecule has 11 heteroatoms. The van der Waals surface area contributed by atoms with E-state index < -0.39 is 26.6 Å². The largest absolute Gasteiger partial charge is 0.346 e. The normalized spacial score (nSPS) is 16.2. The maximum absolute atomic E-state index is 14.0. The molecule has 4 aromatic rings. The van der Waals surface area contributed by atoms with Crippen LogP contribution in [0.4, 0.5) is 8.78 Å². The molecule has 5 rings (SSSR count). The van der Waals surface area contributed by atoms with Crippen LogP contribution < -0.4 is 0 Å². The zero-order chi connectivity index (χ0) is 21.6. The van der Waals surface area contributed by atoms with Crippen LogP contribution in [0.15, 0.2) is 52.0 Å². The molecule has 8 nitrogen and oxygen atoms in total. The molecule has 4 heterocycles. The van der Waals surface area contributed by atoms with Gasteiger partial charge in [-0.3, -0.25) is 0 Å². The van der Waals surface area contributed by atoms with Gasteiger partial charge in [0.25, 0.3) is 0 Å². The molecule has 1 aliphatic heterocycles. The lowest BCUT2D eigenvalue weighted by atomic mass is 9.98. The van der Waals surface area contributed by atoms with E-state index in [-0.39, 0.29) is 19.0 Å². The van der Waals surface area contributed by atoms with Gasteiger partial charge in [0.15, 0.2) is 0 Å². The Morgan fingerprint density at radius 2 is 1.87 bits per heavy atom. The number of H-pyrrole nitrogens is 1. The minimum absolute atomic E-state index is 0.125. The van der Waals surface area contributed by atoms with Crippen LogP contribution >= 0.6 is 0 Å². The smallest absolute Gasteiger partial charge is 0.245 e. The molecule has 1 N–H and O–H groups in total. The Bertz CT molecular complexity index is 1360. The molecular weight excluding hydrogens is 428 g/mol. The molecule has 0 aliphatic carbocycles. The van der Waals surface area contributed by atoms with Gasteiger partial charge in [0.1, 0.15) is 27.9 Å². The lowest BCUT2D eigenvalue weighted by molar-refractivity contribution is 0.270. The van der Waals surface area contributed by atoms with Gasteiger partial charge in [0.2, 0.25) is 21.7 Å². The molecule has 0 amide bonds. The fourth-order valence-corrected chi connectivity index (χ4v) is 5.24. The highest BCUT2D eigenvalue weighted by molar-refractivity contribution is 7.89. The average Bonchev–Trinajstić information content (AvgIpc) is 3.43. The molecule has 3 aromatic heterocycles. The third-order valence-electron chi connectivity index (χ3n) is 5.40. The van der Waals surface area contributed by atoms with Gasteiger partial charge in [-0.05, 0) is 43.2 Å². The third kappa shape index (κ3) is 3.59. The van der Waals surface area contributed by atoms with Gasteiger partial charge >= 0.3 is 0 Å². The molecule has 0 atom stereocenters. The zero-order valence-corrected chi connectivity index (χ0v) is 16.9. The van der Waals surface area contributed by atoms with Crippen LogP contribution in [0.2, 0.25) is 0 Å². The highest BCUT2D eigenvalue weighted by atomic mass is 32.2. The Labute approximate surface area is 176 Å². The van der Waals surface area contributed by atoms with Gasteiger partial charge < -0.3 is 9.51 Å². The van der Waals surface area contributed by atoms with Crippen molar-refractivity contribution in [1.29, 1.82) is 0 Å². The summed E-state index contributed by atoms with van der Waals surface area (Å²) in [5, 5.41) is 4.98. The second-order valence-electron chi connectivity index (χ2n) is 7.32. The fourth-order valence-electron chi connectivity index (χ4n) is 3.73. The first-order chi connectivity index (χ1) is 14.9. The lowest BCUT2D eigenvalue weighted by Gasteiger charge is -2.29. The first kappa shape index (κ1) is 19.8. The summed E-state index contributed by atoms with van der Waals surface area (Å²) >= 11 is 0. The second kappa shape index (κ2) is 7.50. The van der Waals surface area contributed by atoms with Crippen molar-refractivity contribution in [2.45, 2.75) is 23.7 Å². The van der Waals surface area contributed by atoms with E-state index in [2.05, 4.69) is 20.1 Å². The predicted octanol–water partition coefficient (Wildman–Crippen LogP) is 3.46. The zero-order valence-electron chi connectivity index (χ0n) is 16.1. The molecule has 0 saturated carbocycles. The van der Waals surface area contributed by atoms with Crippen molar-refractivity contribution in [2.75, 3.05) is 13.1 Å². The van der Waals surface area contributed by atoms with E-state index in [9.17, 15) is 17.2 Å². The molecule has 0 unspecified atom stereocenters. The van der Waals surface area contributed by atoms with Crippen molar-refractivity contribution in [1.82, 2.24) is 24.4 Å². The van der Waals surface area contributed by atoms with Gasteiger partial charge in [-0.25, -0.2) is 22.2 Å². The van der Waals surface area contributed by atoms with Gasteiger partial charge in [-0.2, -0.15) is 9.29 Å². The Kier molecular flexibility index (Phi) is 4.78. The minimum Gasteiger partial charge on any atom is -0.346 e. The number of nitrogens with zero attached hydrogens (tertiary/aromatic N) is 4. The minimum atomic E-state index is -4.06. The number of sulfonamides is 1. The van der Waals surface area contributed by atoms with Crippen molar-refractivity contribution < 1.29 is 21.7 Å². The average molecular weight is 445 g/mol. The van der Waals surface area contributed by atoms with Crippen LogP contribution in [-0.2, 0) is 10.0 Å². The van der Waals surface area contributed by atoms with Crippen molar-refractivity contribution in [3.05, 3.63) is 60.1 Å². The first-order valence-electron chi connectivity index (χ1n) is 9.65. The lowest BCUT2D eigenvalue weighted by Crippen LogP contribution is -2.38. The molecule has 31 heavy (non-hydrogen) atoms. The number of fused-ring (bicyclic) bond motifs is 1. The highest BCUT2D eigenvalue weighted by Crippen LogP contribution is 2.31. The van der Waals surface area contributed by atoms with Gasteiger partial charge in [0, 0.05) is 36.7 Å². The second-order valence-corrected chi connectivity index (χ2v) is 9.23. The summed E-state index contributed by atoms with van der Waals surface area (Å²) in [6.45, 7) is 0.322. The Hall–Kier alpha value is -3.18. The fraction of sp³-hybridized carbons (Fsp3) is 0.250. The van der Waals surface area contributed by atoms with Crippen LogP contribution in [-0.4, -0.2) is 45.9 Å². The van der Waals surface area contributed by atoms with E-state index >= 15 is 0 Å². The molecular formula is C20H17F2N5O3S. The molecule has 0 spiro atoms. The van der Waals surface area contributed by atoms with E-state index in [0.717, 1.165) is 23.2 Å². The van der Waals surface area contributed by atoms with E-state index in [0.29, 0.717) is 36.3 Å². The van der Waals surface area contributed by atoms with E-state index in [1.807, 2.05) is 12.1 Å². The Morgan fingerprint density at radius 3 is 2.65 bits per heavy atom. The van der Waals surface area contributed by atoms with Gasteiger partial charge in [-0.1, -0.05) is 5.16 Å². The number of aromatic amines is 1. The summed E-state index contributed by atoms with van der Waals surface area (Å²) in [6.07, 6.45) is 2.67. The highest BCUT2D eigenvalue weighted by Gasteiger charge is 2.33. The molecule has 1 aliphatic rings. The standard InChI is InChI=1S/C20H17F2N5O3S/c21-14-2-4-17(15(22)11-14)31(28,29)27-9-6-13(7-10-27)20-25-19(26-30-20)16-3-1-12-5-8-23-18(12)24-16/h1-5,8,11,13H,6-7,9-10H2,(H,23,24). The Balaban J connectivity index is 1.30. The maximum atomic E-state index is 14.0. The summed E-state index contributed by atoms with van der Waals surface area (Å²) < 4.78 is 59.2. The summed E-state index contributed by atoms with van der Waals surface area (Å²) in [6, 6.07) is 8.07. The van der Waals surface area contributed by atoms with E-state index in [1.165, 1.54) is 4.31 Å². The topological polar surface area (TPSA) is 105 Å². The number of hydrogen-bond donors (Lipinski definition) is 1. The van der Waals surface area contributed by atoms with Crippen LogP contribution in [0.5, 0.6) is 0 Å². The van der Waals surface area contributed by atoms with Crippen molar-refractivity contribution in [3.63, 3.8) is 0 Å². The first-order valence-corrected chi connectivity index (χ1v) is 11.1. The number of nitrogens with one attached hydrogen (secondary N) is 1. The number of rotatable bonds is 4. The van der Waals surface area contributed by atoms with Gasteiger partial charge in [0.05, 0.1) is 0 Å². The van der Waals surface area contributed by atoms with E-state index in [4.69, 9.17) is 4.52 Å². The molecule has 1 saturated heterocycles. The molecule has 0 bridgehead atoms. The molecule has 0 radical (unpaired) electrons. The van der Waals surface area contributed by atoms with Crippen LogP contribution in [0.1, 0.15) is 24.7 Å². The summed E-state index contributed by atoms with van der Waals surface area (Å²) in [4.78, 5) is 11.4. The number of benzene rings is 1. The summed E-state index contributed by atoms with van der Waals surface area (Å²) in [7, 11) is -4.06. The van der Waals surface area contributed by atoms with Crippen molar-refractivity contribution >= 4 is 21.1 Å². The monoisotopic (exact) mass is 445 g/mol. The predicted molar refractivity (Wildman–Crippen MR) is 106 cm³/mol. The number of piperidine rings is 1. The van der Waals surface area contributed by atoms with Gasteiger partial charge in [-0.15, -0.1) is 0 Å². The van der Waals surface area contributed by atoms with Crippen LogP contribution in [0.3, 0.4) is 0 Å². The van der Waals surface area contributed by atoms with Crippen LogP contribution in [0.25, 0.3) is 22.6 Å². The number of hydrogen-bond acceptors (Lipinski definition) is 6.